The lowest BCUT2D eigenvalue weighted by Crippen LogP contribution is -2.08. The third kappa shape index (κ3) is 5.16. The Morgan fingerprint density at radius 3 is 2.71 bits per heavy atom. The second-order valence-electron chi connectivity index (χ2n) is 4.87. The summed E-state index contributed by atoms with van der Waals surface area (Å²) >= 11 is 0. The number of rotatable bonds is 7. The molecule has 0 aliphatic heterocycles. The largest absolute Gasteiger partial charge is 0.481 e. The van der Waals surface area contributed by atoms with Crippen LogP contribution < -0.4 is 0 Å². The summed E-state index contributed by atoms with van der Waals surface area (Å²) < 4.78 is 0. The smallest absolute Gasteiger partial charge is 0.303 e. The van der Waals surface area contributed by atoms with Crippen molar-refractivity contribution in [2.24, 2.45) is 11.8 Å². The van der Waals surface area contributed by atoms with Crippen molar-refractivity contribution in [3.63, 3.8) is 0 Å². The van der Waals surface area contributed by atoms with E-state index in [2.05, 4.69) is 19.1 Å². The molecule has 96 valence electrons. The van der Waals surface area contributed by atoms with E-state index in [1.807, 2.05) is 0 Å². The number of hydrogen-bond acceptors (Lipinski definition) is 2. The summed E-state index contributed by atoms with van der Waals surface area (Å²) in [7, 11) is 0. The van der Waals surface area contributed by atoms with Gasteiger partial charge in [0.2, 0.25) is 0 Å². The Hall–Kier alpha value is -1.12. The Kier molecular flexibility index (Phi) is 5.95. The molecule has 0 aromatic carbocycles. The van der Waals surface area contributed by atoms with E-state index in [0.717, 1.165) is 19.3 Å². The zero-order valence-corrected chi connectivity index (χ0v) is 10.5. The van der Waals surface area contributed by atoms with E-state index in [1.54, 1.807) is 0 Å². The zero-order chi connectivity index (χ0) is 12.7. The van der Waals surface area contributed by atoms with Crippen molar-refractivity contribution in [1.29, 1.82) is 0 Å². The van der Waals surface area contributed by atoms with Gasteiger partial charge < -0.3 is 5.11 Å². The van der Waals surface area contributed by atoms with Crippen LogP contribution in [0.1, 0.15) is 51.9 Å². The number of carboxylic acids is 1. The first-order valence-electron chi connectivity index (χ1n) is 6.52. The van der Waals surface area contributed by atoms with E-state index in [9.17, 15) is 9.59 Å². The van der Waals surface area contributed by atoms with Crippen LogP contribution in [0.2, 0.25) is 0 Å². The highest BCUT2D eigenvalue weighted by molar-refractivity contribution is 5.81. The molecule has 0 unspecified atom stereocenters. The quantitative estimate of drug-likeness (QED) is 0.693. The van der Waals surface area contributed by atoms with Gasteiger partial charge in [-0.05, 0) is 37.5 Å². The molecule has 17 heavy (non-hydrogen) atoms. The maximum Gasteiger partial charge on any atom is 0.303 e. The Balaban J connectivity index is 2.36. The summed E-state index contributed by atoms with van der Waals surface area (Å²) in [6, 6.07) is 0. The summed E-state index contributed by atoms with van der Waals surface area (Å²) in [6.07, 6.45) is 9.44. The lowest BCUT2D eigenvalue weighted by molar-refractivity contribution is -0.137. The van der Waals surface area contributed by atoms with Gasteiger partial charge in [-0.2, -0.15) is 0 Å². The second kappa shape index (κ2) is 7.25. The molecule has 0 radical (unpaired) electrons. The first kappa shape index (κ1) is 13.9. The van der Waals surface area contributed by atoms with Gasteiger partial charge in [0.1, 0.15) is 5.78 Å². The first-order valence-corrected chi connectivity index (χ1v) is 6.52. The maximum absolute atomic E-state index is 11.5. The fourth-order valence-corrected chi connectivity index (χ4v) is 2.57. The highest BCUT2D eigenvalue weighted by Crippen LogP contribution is 2.35. The number of ketones is 1. The van der Waals surface area contributed by atoms with E-state index in [1.165, 1.54) is 0 Å². The van der Waals surface area contributed by atoms with E-state index in [0.29, 0.717) is 36.9 Å². The van der Waals surface area contributed by atoms with Crippen molar-refractivity contribution in [2.75, 3.05) is 0 Å². The van der Waals surface area contributed by atoms with E-state index < -0.39 is 5.97 Å². The highest BCUT2D eigenvalue weighted by Gasteiger charge is 2.31. The summed E-state index contributed by atoms with van der Waals surface area (Å²) in [5.41, 5.74) is 0. The van der Waals surface area contributed by atoms with Crippen LogP contribution in [0.5, 0.6) is 0 Å². The Labute approximate surface area is 103 Å². The van der Waals surface area contributed by atoms with Crippen LogP contribution in [-0.2, 0) is 9.59 Å². The third-order valence-electron chi connectivity index (χ3n) is 3.45. The average molecular weight is 238 g/mol. The number of Topliss-reactive ketones (excluding diaryl/α,β-unsaturated/α-hetero) is 1. The van der Waals surface area contributed by atoms with Gasteiger partial charge in [0.25, 0.3) is 0 Å². The van der Waals surface area contributed by atoms with Gasteiger partial charge >= 0.3 is 5.97 Å². The summed E-state index contributed by atoms with van der Waals surface area (Å²) in [5, 5.41) is 8.60. The van der Waals surface area contributed by atoms with Crippen LogP contribution in [0, 0.1) is 11.8 Å². The Morgan fingerprint density at radius 2 is 2.06 bits per heavy atom. The van der Waals surface area contributed by atoms with Crippen LogP contribution in [0.3, 0.4) is 0 Å². The molecule has 1 aliphatic carbocycles. The first-order chi connectivity index (χ1) is 8.13. The molecule has 3 heteroatoms. The minimum atomic E-state index is -0.739. The normalized spacial score (nSPS) is 24.6. The van der Waals surface area contributed by atoms with Gasteiger partial charge in [-0.1, -0.05) is 19.1 Å². The van der Waals surface area contributed by atoms with Crippen LogP contribution in [0.4, 0.5) is 0 Å². The minimum absolute atomic E-state index is 0.224. The maximum atomic E-state index is 11.5. The molecule has 0 spiro atoms. The fourth-order valence-electron chi connectivity index (χ4n) is 2.57. The van der Waals surface area contributed by atoms with Crippen LogP contribution in [0.25, 0.3) is 0 Å². The van der Waals surface area contributed by atoms with Crippen LogP contribution >= 0.6 is 0 Å². The van der Waals surface area contributed by atoms with E-state index in [4.69, 9.17) is 5.11 Å². The van der Waals surface area contributed by atoms with E-state index in [-0.39, 0.29) is 6.42 Å². The van der Waals surface area contributed by atoms with Crippen molar-refractivity contribution in [2.45, 2.75) is 51.9 Å². The molecule has 0 heterocycles. The predicted octanol–water partition coefficient (Wildman–Crippen LogP) is 3.19. The number of hydrogen-bond donors (Lipinski definition) is 1. The Bertz CT molecular complexity index is 294. The lowest BCUT2D eigenvalue weighted by Gasteiger charge is -2.16. The standard InChI is InChI=1S/C14H22O3/c1-2-3-4-6-11-9-13(15)10-12(11)7-5-8-14(16)17/h3-4,11-12H,2,5-10H2,1H3,(H,16,17)/b4-3-/t11-,12-/m0/s1. The minimum Gasteiger partial charge on any atom is -0.481 e. The molecule has 0 bridgehead atoms. The monoisotopic (exact) mass is 238 g/mol. The number of carboxylic acid groups (broad SMARTS) is 1. The van der Waals surface area contributed by atoms with Crippen molar-refractivity contribution < 1.29 is 14.7 Å². The van der Waals surface area contributed by atoms with Crippen LogP contribution in [-0.4, -0.2) is 16.9 Å². The number of aliphatic carboxylic acids is 1. The van der Waals surface area contributed by atoms with Gasteiger partial charge in [-0.3, -0.25) is 9.59 Å². The molecule has 1 fully saturated rings. The number of carbonyl (C=O) groups excluding carboxylic acids is 1. The number of allylic oxidation sites excluding steroid dienone is 2. The molecule has 0 aromatic rings. The summed E-state index contributed by atoms with van der Waals surface area (Å²) in [6.45, 7) is 2.10. The summed E-state index contributed by atoms with van der Waals surface area (Å²) in [4.78, 5) is 21.9. The van der Waals surface area contributed by atoms with Gasteiger partial charge in [-0.25, -0.2) is 0 Å². The van der Waals surface area contributed by atoms with Crippen molar-refractivity contribution in [1.82, 2.24) is 0 Å². The SMILES string of the molecule is CC/C=C\C[C@H]1CC(=O)C[C@@H]1CCCC(=O)O. The molecule has 0 amide bonds. The van der Waals surface area contributed by atoms with Gasteiger partial charge in [0.15, 0.2) is 0 Å². The molecule has 1 aliphatic rings. The van der Waals surface area contributed by atoms with Gasteiger partial charge in [-0.15, -0.1) is 0 Å². The van der Waals surface area contributed by atoms with Gasteiger partial charge in [0.05, 0.1) is 0 Å². The molecular weight excluding hydrogens is 216 g/mol. The molecule has 1 saturated carbocycles. The third-order valence-corrected chi connectivity index (χ3v) is 3.45. The molecule has 0 saturated heterocycles. The predicted molar refractivity (Wildman–Crippen MR) is 66.8 cm³/mol. The molecule has 2 atom stereocenters. The lowest BCUT2D eigenvalue weighted by atomic mass is 9.88. The van der Waals surface area contributed by atoms with Crippen molar-refractivity contribution in [3.05, 3.63) is 12.2 Å². The van der Waals surface area contributed by atoms with Crippen LogP contribution in [0.15, 0.2) is 12.2 Å². The highest BCUT2D eigenvalue weighted by atomic mass is 16.4. The number of carbonyl (C=O) groups is 2. The molecule has 1 N–H and O–H groups in total. The fraction of sp³-hybridized carbons (Fsp3) is 0.714. The molecule has 1 rings (SSSR count). The molecular formula is C14H22O3. The topological polar surface area (TPSA) is 54.4 Å². The summed E-state index contributed by atoms with van der Waals surface area (Å²) in [5.74, 6) is 0.458. The molecule has 0 aromatic heterocycles. The Morgan fingerprint density at radius 1 is 1.35 bits per heavy atom. The molecule has 3 nitrogen and oxygen atoms in total. The van der Waals surface area contributed by atoms with Crippen molar-refractivity contribution in [3.8, 4) is 0 Å². The average Bonchev–Trinajstić information content (AvgIpc) is 2.59. The van der Waals surface area contributed by atoms with Crippen molar-refractivity contribution >= 4 is 11.8 Å². The van der Waals surface area contributed by atoms with E-state index >= 15 is 0 Å². The second-order valence-corrected chi connectivity index (χ2v) is 4.87. The van der Waals surface area contributed by atoms with Gasteiger partial charge in [0, 0.05) is 19.3 Å². The zero-order valence-electron chi connectivity index (χ0n) is 10.5.